The van der Waals surface area contributed by atoms with Gasteiger partial charge in [-0.15, -0.1) is 0 Å². The van der Waals surface area contributed by atoms with Crippen LogP contribution in [-0.2, 0) is 6.54 Å². The van der Waals surface area contributed by atoms with Gasteiger partial charge in [0.2, 0.25) is 0 Å². The van der Waals surface area contributed by atoms with E-state index in [1.54, 1.807) is 17.4 Å². The lowest BCUT2D eigenvalue weighted by molar-refractivity contribution is 0.0948. The van der Waals surface area contributed by atoms with Crippen LogP contribution in [0.25, 0.3) is 22.2 Å². The van der Waals surface area contributed by atoms with Gasteiger partial charge in [-0.2, -0.15) is 16.4 Å². The van der Waals surface area contributed by atoms with Crippen molar-refractivity contribution in [3.8, 4) is 11.3 Å². The number of nitrogens with one attached hydrogen (secondary N) is 2. The molecular weight excluding hydrogens is 332 g/mol. The van der Waals surface area contributed by atoms with E-state index in [0.717, 1.165) is 24.2 Å². The zero-order valence-electron chi connectivity index (χ0n) is 13.6. The monoisotopic (exact) mass is 350 g/mol. The first-order valence-electron chi connectivity index (χ1n) is 8.21. The molecule has 0 aliphatic rings. The molecule has 1 aromatic carbocycles. The number of fused-ring (bicyclic) bond motifs is 1. The van der Waals surface area contributed by atoms with E-state index in [-0.39, 0.29) is 5.91 Å². The maximum absolute atomic E-state index is 12.2. The Morgan fingerprint density at radius 1 is 1.24 bits per heavy atom. The highest BCUT2D eigenvalue weighted by Crippen LogP contribution is 2.20. The molecule has 2 N–H and O–H groups in total. The fourth-order valence-corrected chi connectivity index (χ4v) is 3.53. The second kappa shape index (κ2) is 6.94. The summed E-state index contributed by atoms with van der Waals surface area (Å²) in [6.07, 6.45) is 2.96. The molecule has 0 saturated carbocycles. The van der Waals surface area contributed by atoms with Crippen molar-refractivity contribution in [2.45, 2.75) is 13.0 Å². The Balaban J connectivity index is 1.30. The molecule has 0 bridgehead atoms. The van der Waals surface area contributed by atoms with Gasteiger partial charge in [0.25, 0.3) is 5.91 Å². The van der Waals surface area contributed by atoms with Gasteiger partial charge in [0.1, 0.15) is 5.69 Å². The Hall–Kier alpha value is -2.86. The maximum atomic E-state index is 12.2. The average Bonchev–Trinajstić information content (AvgIpc) is 3.38. The Bertz CT molecular complexity index is 984. The summed E-state index contributed by atoms with van der Waals surface area (Å²) in [5.74, 6) is -0.119. The minimum atomic E-state index is -0.119. The summed E-state index contributed by atoms with van der Waals surface area (Å²) in [4.78, 5) is 12.2. The van der Waals surface area contributed by atoms with Crippen molar-refractivity contribution >= 4 is 28.1 Å². The van der Waals surface area contributed by atoms with Crippen LogP contribution in [0, 0.1) is 0 Å². The number of hydrogen-bond donors (Lipinski definition) is 2. The van der Waals surface area contributed by atoms with E-state index in [9.17, 15) is 4.79 Å². The van der Waals surface area contributed by atoms with Gasteiger partial charge in [0, 0.05) is 35.7 Å². The number of nitrogens with zero attached hydrogens (tertiary/aromatic N) is 2. The third-order valence-electron chi connectivity index (χ3n) is 4.18. The number of H-pyrrole nitrogens is 1. The normalized spacial score (nSPS) is 11.0. The van der Waals surface area contributed by atoms with E-state index in [1.807, 2.05) is 29.0 Å². The van der Waals surface area contributed by atoms with Crippen LogP contribution in [0.2, 0.25) is 0 Å². The molecule has 4 aromatic rings. The molecule has 3 heterocycles. The van der Waals surface area contributed by atoms with Crippen molar-refractivity contribution in [3.63, 3.8) is 0 Å². The molecule has 6 heteroatoms. The molecule has 0 unspecified atom stereocenters. The molecule has 3 aromatic heterocycles. The van der Waals surface area contributed by atoms with Gasteiger partial charge in [-0.25, -0.2) is 0 Å². The highest BCUT2D eigenvalue weighted by molar-refractivity contribution is 7.08. The highest BCUT2D eigenvalue weighted by atomic mass is 32.1. The molecule has 0 fully saturated rings. The van der Waals surface area contributed by atoms with Gasteiger partial charge in [-0.3, -0.25) is 9.89 Å². The van der Waals surface area contributed by atoms with Crippen LogP contribution in [0.15, 0.2) is 59.4 Å². The number of aromatic amines is 1. The lowest BCUT2D eigenvalue weighted by Crippen LogP contribution is -2.25. The molecule has 4 rings (SSSR count). The predicted molar refractivity (Wildman–Crippen MR) is 101 cm³/mol. The van der Waals surface area contributed by atoms with Crippen molar-refractivity contribution < 1.29 is 4.79 Å². The first-order chi connectivity index (χ1) is 12.3. The van der Waals surface area contributed by atoms with Gasteiger partial charge in [-0.05, 0) is 41.5 Å². The van der Waals surface area contributed by atoms with Gasteiger partial charge >= 0.3 is 0 Å². The van der Waals surface area contributed by atoms with Crippen LogP contribution in [0.3, 0.4) is 0 Å². The van der Waals surface area contributed by atoms with E-state index in [4.69, 9.17) is 0 Å². The number of carbonyl (C=O) groups excluding carboxylic acids is 1. The second-order valence-corrected chi connectivity index (χ2v) is 6.64. The number of carbonyl (C=O) groups is 1. The third-order valence-corrected chi connectivity index (χ3v) is 4.86. The minimum Gasteiger partial charge on any atom is -0.351 e. The lowest BCUT2D eigenvalue weighted by Gasteiger charge is -2.06. The van der Waals surface area contributed by atoms with Crippen molar-refractivity contribution in [2.75, 3.05) is 6.54 Å². The summed E-state index contributed by atoms with van der Waals surface area (Å²) in [6.45, 7) is 1.50. The molecule has 0 saturated heterocycles. The number of aryl methyl sites for hydroxylation is 1. The summed E-state index contributed by atoms with van der Waals surface area (Å²) in [6, 6.07) is 14.2. The van der Waals surface area contributed by atoms with Crippen molar-refractivity contribution in [3.05, 3.63) is 65.1 Å². The third kappa shape index (κ3) is 3.34. The summed E-state index contributed by atoms with van der Waals surface area (Å²) in [5.41, 5.74) is 3.54. The molecule has 0 atom stereocenters. The first-order valence-corrected chi connectivity index (χ1v) is 9.15. The van der Waals surface area contributed by atoms with E-state index in [2.05, 4.69) is 44.5 Å². The van der Waals surface area contributed by atoms with E-state index in [1.165, 1.54) is 10.9 Å². The zero-order chi connectivity index (χ0) is 17.1. The molecule has 0 aliphatic carbocycles. The predicted octanol–water partition coefficient (Wildman–Crippen LogP) is 3.91. The summed E-state index contributed by atoms with van der Waals surface area (Å²) in [5, 5.41) is 15.2. The fraction of sp³-hybridized carbons (Fsp3) is 0.158. The van der Waals surface area contributed by atoms with Crippen LogP contribution in [0.1, 0.15) is 16.9 Å². The molecule has 126 valence electrons. The average molecular weight is 350 g/mol. The molecule has 0 radical (unpaired) electrons. The Morgan fingerprint density at radius 3 is 3.04 bits per heavy atom. The topological polar surface area (TPSA) is 62.7 Å². The number of hydrogen-bond acceptors (Lipinski definition) is 3. The number of benzene rings is 1. The summed E-state index contributed by atoms with van der Waals surface area (Å²) < 4.78 is 2.21. The van der Waals surface area contributed by atoms with Crippen LogP contribution < -0.4 is 5.32 Å². The summed E-state index contributed by atoms with van der Waals surface area (Å²) >= 11 is 1.61. The Kier molecular flexibility index (Phi) is 4.35. The van der Waals surface area contributed by atoms with E-state index >= 15 is 0 Å². The highest BCUT2D eigenvalue weighted by Gasteiger charge is 2.10. The molecule has 1 amide bonds. The Morgan fingerprint density at radius 2 is 2.16 bits per heavy atom. The SMILES string of the molecule is O=C(NCCCn1ccc2ccccc21)c1cc(-c2ccsc2)n[nH]1. The number of rotatable bonds is 6. The lowest BCUT2D eigenvalue weighted by atomic mass is 10.2. The van der Waals surface area contributed by atoms with Crippen LogP contribution in [0.5, 0.6) is 0 Å². The van der Waals surface area contributed by atoms with Crippen LogP contribution >= 0.6 is 11.3 Å². The number of aromatic nitrogens is 3. The van der Waals surface area contributed by atoms with E-state index in [0.29, 0.717) is 12.2 Å². The second-order valence-electron chi connectivity index (χ2n) is 5.86. The summed E-state index contributed by atoms with van der Waals surface area (Å²) in [7, 11) is 0. The first kappa shape index (κ1) is 15.7. The molecule has 25 heavy (non-hydrogen) atoms. The standard InChI is InChI=1S/C19H18N4OS/c24-19(17-12-16(21-22-17)15-7-11-25-13-15)20-8-3-9-23-10-6-14-4-1-2-5-18(14)23/h1-2,4-7,10-13H,3,8-9H2,(H,20,24)(H,21,22). The largest absolute Gasteiger partial charge is 0.351 e. The van der Waals surface area contributed by atoms with Crippen molar-refractivity contribution in [2.24, 2.45) is 0 Å². The minimum absolute atomic E-state index is 0.119. The quantitative estimate of drug-likeness (QED) is 0.518. The molecular formula is C19H18N4OS. The maximum Gasteiger partial charge on any atom is 0.269 e. The molecule has 5 nitrogen and oxygen atoms in total. The van der Waals surface area contributed by atoms with Gasteiger partial charge < -0.3 is 9.88 Å². The number of thiophene rings is 1. The Labute approximate surface area is 149 Å². The van der Waals surface area contributed by atoms with Crippen LogP contribution in [-0.4, -0.2) is 27.2 Å². The van der Waals surface area contributed by atoms with E-state index < -0.39 is 0 Å². The zero-order valence-corrected chi connectivity index (χ0v) is 14.4. The smallest absolute Gasteiger partial charge is 0.269 e. The van der Waals surface area contributed by atoms with Crippen molar-refractivity contribution in [1.29, 1.82) is 0 Å². The molecule has 0 spiro atoms. The van der Waals surface area contributed by atoms with Gasteiger partial charge in [0.15, 0.2) is 0 Å². The number of amides is 1. The molecule has 0 aliphatic heterocycles. The number of para-hydroxylation sites is 1. The van der Waals surface area contributed by atoms with Crippen LogP contribution in [0.4, 0.5) is 0 Å². The van der Waals surface area contributed by atoms with Gasteiger partial charge in [-0.1, -0.05) is 18.2 Å². The van der Waals surface area contributed by atoms with Gasteiger partial charge in [0.05, 0.1) is 5.69 Å². The fourth-order valence-electron chi connectivity index (χ4n) is 2.88. The van der Waals surface area contributed by atoms with Crippen molar-refractivity contribution in [1.82, 2.24) is 20.1 Å².